The van der Waals surface area contributed by atoms with E-state index in [1.807, 2.05) is 18.2 Å². The van der Waals surface area contributed by atoms with Gasteiger partial charge < -0.3 is 10.5 Å². The highest BCUT2D eigenvalue weighted by Gasteiger charge is 2.10. The first kappa shape index (κ1) is 13.5. The summed E-state index contributed by atoms with van der Waals surface area (Å²) in [6.07, 6.45) is 4.68. The van der Waals surface area contributed by atoms with Gasteiger partial charge in [-0.2, -0.15) is 0 Å². The summed E-state index contributed by atoms with van der Waals surface area (Å²) >= 11 is 3.53. The van der Waals surface area contributed by atoms with Gasteiger partial charge in [0.05, 0.1) is 7.11 Å². The number of unbranched alkanes of at least 4 members (excludes halogenated alkanes) is 2. The Labute approximate surface area is 106 Å². The van der Waals surface area contributed by atoms with E-state index in [1.165, 1.54) is 19.3 Å². The SMILES string of the molecule is CCCCC[C@H](N)c1cc(OC)ccc1Br. The second-order valence-corrected chi connectivity index (χ2v) is 4.84. The van der Waals surface area contributed by atoms with Crippen molar-refractivity contribution in [3.63, 3.8) is 0 Å². The first-order chi connectivity index (χ1) is 7.69. The van der Waals surface area contributed by atoms with E-state index in [9.17, 15) is 0 Å². The van der Waals surface area contributed by atoms with Crippen LogP contribution in [0.15, 0.2) is 22.7 Å². The second kappa shape index (κ2) is 6.92. The fourth-order valence-corrected chi connectivity index (χ4v) is 2.24. The summed E-state index contributed by atoms with van der Waals surface area (Å²) in [7, 11) is 1.68. The maximum absolute atomic E-state index is 6.17. The molecule has 1 atom stereocenters. The first-order valence-electron chi connectivity index (χ1n) is 5.78. The molecule has 0 heterocycles. The number of hydrogen-bond acceptors (Lipinski definition) is 2. The number of methoxy groups -OCH3 is 1. The number of rotatable bonds is 6. The molecule has 1 aromatic rings. The van der Waals surface area contributed by atoms with Crippen molar-refractivity contribution < 1.29 is 4.74 Å². The minimum atomic E-state index is 0.0935. The zero-order chi connectivity index (χ0) is 12.0. The van der Waals surface area contributed by atoms with Crippen molar-refractivity contribution in [3.8, 4) is 5.75 Å². The molecule has 0 fully saturated rings. The lowest BCUT2D eigenvalue weighted by molar-refractivity contribution is 0.413. The average Bonchev–Trinajstić information content (AvgIpc) is 2.30. The fourth-order valence-electron chi connectivity index (χ4n) is 1.70. The molecule has 0 saturated heterocycles. The Kier molecular flexibility index (Phi) is 5.85. The van der Waals surface area contributed by atoms with E-state index in [-0.39, 0.29) is 6.04 Å². The first-order valence-corrected chi connectivity index (χ1v) is 6.57. The monoisotopic (exact) mass is 285 g/mol. The van der Waals surface area contributed by atoms with Gasteiger partial charge in [-0.3, -0.25) is 0 Å². The lowest BCUT2D eigenvalue weighted by Gasteiger charge is -2.14. The van der Waals surface area contributed by atoms with Gasteiger partial charge in [0.25, 0.3) is 0 Å². The molecule has 90 valence electrons. The Hall–Kier alpha value is -0.540. The molecule has 1 aromatic carbocycles. The summed E-state index contributed by atoms with van der Waals surface area (Å²) < 4.78 is 6.28. The molecule has 0 saturated carbocycles. The van der Waals surface area contributed by atoms with Crippen LogP contribution >= 0.6 is 15.9 Å². The maximum Gasteiger partial charge on any atom is 0.119 e. The number of benzene rings is 1. The van der Waals surface area contributed by atoms with Crippen LogP contribution in [0.1, 0.15) is 44.2 Å². The number of ether oxygens (including phenoxy) is 1. The highest BCUT2D eigenvalue weighted by molar-refractivity contribution is 9.10. The quantitative estimate of drug-likeness (QED) is 0.801. The third-order valence-corrected chi connectivity index (χ3v) is 3.44. The van der Waals surface area contributed by atoms with Crippen LogP contribution in [0.3, 0.4) is 0 Å². The summed E-state index contributed by atoms with van der Waals surface area (Å²) in [5.41, 5.74) is 7.31. The van der Waals surface area contributed by atoms with Crippen LogP contribution in [0.5, 0.6) is 5.75 Å². The molecule has 16 heavy (non-hydrogen) atoms. The summed E-state index contributed by atoms with van der Waals surface area (Å²) in [5.74, 6) is 0.865. The minimum Gasteiger partial charge on any atom is -0.497 e. The van der Waals surface area contributed by atoms with Gasteiger partial charge >= 0.3 is 0 Å². The minimum absolute atomic E-state index is 0.0935. The van der Waals surface area contributed by atoms with Gasteiger partial charge in [-0.1, -0.05) is 42.1 Å². The molecule has 0 aliphatic carbocycles. The van der Waals surface area contributed by atoms with E-state index in [2.05, 4.69) is 22.9 Å². The summed E-state index contributed by atoms with van der Waals surface area (Å²) in [5, 5.41) is 0. The highest BCUT2D eigenvalue weighted by atomic mass is 79.9. The number of hydrogen-bond donors (Lipinski definition) is 1. The molecule has 2 N–H and O–H groups in total. The molecule has 0 bridgehead atoms. The molecule has 0 unspecified atom stereocenters. The Morgan fingerprint density at radius 3 is 2.75 bits per heavy atom. The predicted octanol–water partition coefficient (Wildman–Crippen LogP) is 4.04. The van der Waals surface area contributed by atoms with Crippen LogP contribution in [0.2, 0.25) is 0 Å². The van der Waals surface area contributed by atoms with Crippen molar-refractivity contribution in [2.24, 2.45) is 5.73 Å². The molecule has 2 nitrogen and oxygen atoms in total. The van der Waals surface area contributed by atoms with Crippen molar-refractivity contribution in [1.82, 2.24) is 0 Å². The molecular formula is C13H20BrNO. The lowest BCUT2D eigenvalue weighted by Crippen LogP contribution is -2.11. The largest absolute Gasteiger partial charge is 0.497 e. The molecule has 0 amide bonds. The van der Waals surface area contributed by atoms with Crippen LogP contribution < -0.4 is 10.5 Å². The lowest BCUT2D eigenvalue weighted by atomic mass is 10.0. The van der Waals surface area contributed by atoms with Gasteiger partial charge in [-0.05, 0) is 30.2 Å². The van der Waals surface area contributed by atoms with E-state index in [1.54, 1.807) is 7.11 Å². The Morgan fingerprint density at radius 1 is 1.38 bits per heavy atom. The van der Waals surface area contributed by atoms with Gasteiger partial charge in [0.1, 0.15) is 5.75 Å². The molecule has 0 aliphatic heterocycles. The van der Waals surface area contributed by atoms with E-state index >= 15 is 0 Å². The van der Waals surface area contributed by atoms with Gasteiger partial charge in [0.2, 0.25) is 0 Å². The Bertz CT molecular complexity index is 328. The molecule has 3 heteroatoms. The third-order valence-electron chi connectivity index (χ3n) is 2.72. The smallest absolute Gasteiger partial charge is 0.119 e. The van der Waals surface area contributed by atoms with E-state index in [0.717, 1.165) is 22.2 Å². The molecule has 0 aromatic heterocycles. The van der Waals surface area contributed by atoms with Crippen LogP contribution in [0, 0.1) is 0 Å². The molecular weight excluding hydrogens is 266 g/mol. The highest BCUT2D eigenvalue weighted by Crippen LogP contribution is 2.29. The van der Waals surface area contributed by atoms with Crippen LogP contribution in [0.4, 0.5) is 0 Å². The zero-order valence-corrected chi connectivity index (χ0v) is 11.6. The number of nitrogens with two attached hydrogens (primary N) is 1. The van der Waals surface area contributed by atoms with Gasteiger partial charge in [0, 0.05) is 10.5 Å². The van der Waals surface area contributed by atoms with Crippen molar-refractivity contribution >= 4 is 15.9 Å². The van der Waals surface area contributed by atoms with Crippen LogP contribution in [-0.4, -0.2) is 7.11 Å². The predicted molar refractivity (Wildman–Crippen MR) is 71.8 cm³/mol. The standard InChI is InChI=1S/C13H20BrNO/c1-3-4-5-6-13(15)11-9-10(16-2)7-8-12(11)14/h7-9,13H,3-6,15H2,1-2H3/t13-/m0/s1. The second-order valence-electron chi connectivity index (χ2n) is 3.99. The van der Waals surface area contributed by atoms with E-state index in [4.69, 9.17) is 10.5 Å². The van der Waals surface area contributed by atoms with Crippen LogP contribution in [0.25, 0.3) is 0 Å². The van der Waals surface area contributed by atoms with Crippen molar-refractivity contribution in [1.29, 1.82) is 0 Å². The summed E-state index contributed by atoms with van der Waals surface area (Å²) in [6, 6.07) is 6.04. The normalized spacial score (nSPS) is 12.5. The third kappa shape index (κ3) is 3.80. The maximum atomic E-state index is 6.17. The topological polar surface area (TPSA) is 35.2 Å². The molecule has 0 aliphatic rings. The summed E-state index contributed by atoms with van der Waals surface area (Å²) in [6.45, 7) is 2.20. The van der Waals surface area contributed by atoms with Crippen molar-refractivity contribution in [2.75, 3.05) is 7.11 Å². The molecule has 1 rings (SSSR count). The molecule has 0 spiro atoms. The van der Waals surface area contributed by atoms with Gasteiger partial charge in [0.15, 0.2) is 0 Å². The van der Waals surface area contributed by atoms with E-state index < -0.39 is 0 Å². The Morgan fingerprint density at radius 2 is 2.12 bits per heavy atom. The summed E-state index contributed by atoms with van der Waals surface area (Å²) in [4.78, 5) is 0. The Balaban J connectivity index is 2.69. The average molecular weight is 286 g/mol. The van der Waals surface area contributed by atoms with Gasteiger partial charge in [-0.15, -0.1) is 0 Å². The zero-order valence-electron chi connectivity index (χ0n) is 10.0. The van der Waals surface area contributed by atoms with Crippen molar-refractivity contribution in [2.45, 2.75) is 38.6 Å². The van der Waals surface area contributed by atoms with Crippen LogP contribution in [-0.2, 0) is 0 Å². The van der Waals surface area contributed by atoms with Gasteiger partial charge in [-0.25, -0.2) is 0 Å². The molecule has 0 radical (unpaired) electrons. The van der Waals surface area contributed by atoms with E-state index in [0.29, 0.717) is 0 Å². The number of halogens is 1. The fraction of sp³-hybridized carbons (Fsp3) is 0.538. The van der Waals surface area contributed by atoms with Crippen molar-refractivity contribution in [3.05, 3.63) is 28.2 Å².